The molecule has 4 nitrogen and oxygen atoms in total. The molecule has 0 amide bonds. The zero-order chi connectivity index (χ0) is 20.4. The van der Waals surface area contributed by atoms with Gasteiger partial charge in [0.25, 0.3) is 0 Å². The normalized spacial score (nSPS) is 12.0. The van der Waals surface area contributed by atoms with Crippen molar-refractivity contribution in [1.29, 1.82) is 0 Å². The molecule has 0 aromatic rings. The van der Waals surface area contributed by atoms with Crippen molar-refractivity contribution in [3.8, 4) is 0 Å². The van der Waals surface area contributed by atoms with E-state index < -0.39 is 5.60 Å². The van der Waals surface area contributed by atoms with Gasteiger partial charge < -0.3 is 9.47 Å². The molecule has 0 atom stereocenters. The van der Waals surface area contributed by atoms with Crippen LogP contribution in [0.4, 0.5) is 0 Å². The Bertz CT molecular complexity index is 485. The number of carbonyl (C=O) groups excluding carboxylic acids is 2. The van der Waals surface area contributed by atoms with Gasteiger partial charge in [-0.25, -0.2) is 4.79 Å². The summed E-state index contributed by atoms with van der Waals surface area (Å²) in [5.41, 5.74) is -0.881. The van der Waals surface area contributed by atoms with Gasteiger partial charge in [-0.05, 0) is 62.0 Å². The van der Waals surface area contributed by atoms with Crippen LogP contribution in [-0.4, -0.2) is 42.1 Å². The summed E-state index contributed by atoms with van der Waals surface area (Å²) in [7, 11) is 0. The average molecular weight is 415 g/mol. The van der Waals surface area contributed by atoms with Crippen LogP contribution in [0.3, 0.4) is 0 Å². The van der Waals surface area contributed by atoms with E-state index in [9.17, 15) is 9.59 Å². The topological polar surface area (TPSA) is 52.6 Å². The molecule has 0 aliphatic carbocycles. The Morgan fingerprint density at radius 3 is 2.19 bits per heavy atom. The summed E-state index contributed by atoms with van der Waals surface area (Å²) in [5, 5.41) is 3.93. The Hall–Kier alpha value is -0.980. The lowest BCUT2D eigenvalue weighted by atomic mass is 10.0. The van der Waals surface area contributed by atoms with Crippen molar-refractivity contribution in [2.75, 3.05) is 24.7 Å². The standard InChI is InChI=1S/C21H34O4S2/c1-5-15-26-16-9-7-8-10-17-27-18-12-20(23)24-13-11-14-25-21(3,4)19(22)6-2/h5-6,12,15,18H,2,7-11,13-14,16-17H2,1,3-4H3/b15-5-,18-12-. The first-order valence-corrected chi connectivity index (χ1v) is 11.5. The highest BCUT2D eigenvalue weighted by Gasteiger charge is 2.25. The second-order valence-corrected chi connectivity index (χ2v) is 8.40. The van der Waals surface area contributed by atoms with E-state index in [0.29, 0.717) is 13.0 Å². The van der Waals surface area contributed by atoms with Crippen LogP contribution in [0.25, 0.3) is 0 Å². The first-order valence-electron chi connectivity index (χ1n) is 9.42. The van der Waals surface area contributed by atoms with Gasteiger partial charge in [0.15, 0.2) is 5.78 Å². The van der Waals surface area contributed by atoms with Crippen LogP contribution in [0.15, 0.2) is 35.6 Å². The van der Waals surface area contributed by atoms with E-state index >= 15 is 0 Å². The van der Waals surface area contributed by atoms with Crippen molar-refractivity contribution >= 4 is 35.3 Å². The van der Waals surface area contributed by atoms with E-state index in [4.69, 9.17) is 9.47 Å². The van der Waals surface area contributed by atoms with Crippen molar-refractivity contribution in [3.05, 3.63) is 35.6 Å². The maximum atomic E-state index is 11.6. The van der Waals surface area contributed by atoms with E-state index in [0.717, 1.165) is 12.2 Å². The average Bonchev–Trinajstić information content (AvgIpc) is 2.65. The monoisotopic (exact) mass is 414 g/mol. The highest BCUT2D eigenvalue weighted by molar-refractivity contribution is 8.02. The van der Waals surface area contributed by atoms with Crippen LogP contribution >= 0.6 is 23.5 Å². The molecule has 27 heavy (non-hydrogen) atoms. The Labute approximate surface area is 173 Å². The van der Waals surface area contributed by atoms with E-state index in [1.807, 2.05) is 18.7 Å². The molecule has 0 heterocycles. The first kappa shape index (κ1) is 26.0. The summed E-state index contributed by atoms with van der Waals surface area (Å²) < 4.78 is 10.6. The summed E-state index contributed by atoms with van der Waals surface area (Å²) in [6, 6.07) is 0. The molecule has 6 heteroatoms. The molecule has 154 valence electrons. The molecule has 0 rings (SSSR count). The van der Waals surface area contributed by atoms with Crippen molar-refractivity contribution in [2.24, 2.45) is 0 Å². The minimum atomic E-state index is -0.881. The third kappa shape index (κ3) is 15.7. The molecule has 0 N–H and O–H groups in total. The number of rotatable bonds is 17. The van der Waals surface area contributed by atoms with E-state index in [2.05, 4.69) is 18.1 Å². The van der Waals surface area contributed by atoms with Gasteiger partial charge in [0.1, 0.15) is 5.60 Å². The third-order valence-corrected chi connectivity index (χ3v) is 5.42. The quantitative estimate of drug-likeness (QED) is 0.177. The number of ether oxygens (including phenoxy) is 2. The van der Waals surface area contributed by atoms with E-state index in [-0.39, 0.29) is 18.4 Å². The van der Waals surface area contributed by atoms with Gasteiger partial charge in [-0.3, -0.25) is 4.79 Å². The third-order valence-electron chi connectivity index (χ3n) is 3.58. The number of carbonyl (C=O) groups is 2. The summed E-state index contributed by atoms with van der Waals surface area (Å²) in [5.74, 6) is 1.71. The van der Waals surface area contributed by atoms with Gasteiger partial charge in [0.2, 0.25) is 0 Å². The second kappa shape index (κ2) is 17.1. The first-order chi connectivity index (χ1) is 12.9. The molecule has 0 unspecified atom stereocenters. The Balaban J connectivity index is 3.55. The number of allylic oxidation sites excluding steroid dienone is 1. The summed E-state index contributed by atoms with van der Waals surface area (Å²) >= 11 is 3.50. The van der Waals surface area contributed by atoms with Gasteiger partial charge >= 0.3 is 5.97 Å². The lowest BCUT2D eigenvalue weighted by Gasteiger charge is -2.21. The molecule has 0 radical (unpaired) electrons. The SMILES string of the molecule is C=CC(=O)C(C)(C)OCCCOC(=O)/C=C\SCCCCCCS/C=C\C. The fourth-order valence-corrected chi connectivity index (χ4v) is 3.40. The zero-order valence-corrected chi connectivity index (χ0v) is 18.5. The van der Waals surface area contributed by atoms with Gasteiger partial charge in [-0.1, -0.05) is 25.5 Å². The Morgan fingerprint density at radius 1 is 0.963 bits per heavy atom. The lowest BCUT2D eigenvalue weighted by molar-refractivity contribution is -0.141. The van der Waals surface area contributed by atoms with Gasteiger partial charge in [-0.15, -0.1) is 23.5 Å². The number of hydrogen-bond donors (Lipinski definition) is 0. The molecule has 0 fully saturated rings. The highest BCUT2D eigenvalue weighted by atomic mass is 32.2. The van der Waals surface area contributed by atoms with Crippen LogP contribution in [-0.2, 0) is 19.1 Å². The van der Waals surface area contributed by atoms with Gasteiger partial charge in [0, 0.05) is 12.5 Å². The smallest absolute Gasteiger partial charge is 0.331 e. The molecule has 0 spiro atoms. The number of thioether (sulfide) groups is 2. The molecule has 0 bridgehead atoms. The minimum absolute atomic E-state index is 0.160. The predicted octanol–water partition coefficient (Wildman–Crippen LogP) is 5.54. The fraction of sp³-hybridized carbons (Fsp3) is 0.619. The minimum Gasteiger partial charge on any atom is -0.462 e. The lowest BCUT2D eigenvalue weighted by Crippen LogP contribution is -2.34. The van der Waals surface area contributed by atoms with Crippen LogP contribution in [0.2, 0.25) is 0 Å². The number of ketones is 1. The molecule has 0 aliphatic rings. The van der Waals surface area contributed by atoms with Crippen LogP contribution < -0.4 is 0 Å². The van der Waals surface area contributed by atoms with Crippen LogP contribution in [0, 0.1) is 0 Å². The van der Waals surface area contributed by atoms with Crippen LogP contribution in [0.5, 0.6) is 0 Å². The summed E-state index contributed by atoms with van der Waals surface area (Å²) in [6.07, 6.45) is 10.2. The summed E-state index contributed by atoms with van der Waals surface area (Å²) in [6.45, 7) is 9.52. The highest BCUT2D eigenvalue weighted by Crippen LogP contribution is 2.13. The molecule has 0 aromatic carbocycles. The van der Waals surface area contributed by atoms with Gasteiger partial charge in [-0.2, -0.15) is 0 Å². The molecule has 0 saturated carbocycles. The molecular weight excluding hydrogens is 380 g/mol. The Morgan fingerprint density at radius 2 is 1.59 bits per heavy atom. The van der Waals surface area contributed by atoms with Gasteiger partial charge in [0.05, 0.1) is 13.2 Å². The number of hydrogen-bond acceptors (Lipinski definition) is 6. The van der Waals surface area contributed by atoms with E-state index in [1.165, 1.54) is 37.2 Å². The van der Waals surface area contributed by atoms with Crippen molar-refractivity contribution in [1.82, 2.24) is 0 Å². The maximum Gasteiger partial charge on any atom is 0.331 e. The molecule has 0 saturated heterocycles. The number of esters is 1. The van der Waals surface area contributed by atoms with Crippen molar-refractivity contribution < 1.29 is 19.1 Å². The molecular formula is C21H34O4S2. The Kier molecular flexibility index (Phi) is 16.5. The summed E-state index contributed by atoms with van der Waals surface area (Å²) in [4.78, 5) is 23.1. The second-order valence-electron chi connectivity index (χ2n) is 6.38. The fourth-order valence-electron chi connectivity index (χ4n) is 1.98. The van der Waals surface area contributed by atoms with Crippen molar-refractivity contribution in [3.63, 3.8) is 0 Å². The largest absolute Gasteiger partial charge is 0.462 e. The molecule has 0 aliphatic heterocycles. The van der Waals surface area contributed by atoms with Crippen LogP contribution in [0.1, 0.15) is 52.9 Å². The zero-order valence-electron chi connectivity index (χ0n) is 16.9. The predicted molar refractivity (Wildman–Crippen MR) is 118 cm³/mol. The maximum absolute atomic E-state index is 11.6. The van der Waals surface area contributed by atoms with E-state index in [1.54, 1.807) is 31.0 Å². The number of unbranched alkanes of at least 4 members (excludes halogenated alkanes) is 3. The van der Waals surface area contributed by atoms with Crippen molar-refractivity contribution in [2.45, 2.75) is 58.5 Å². The molecule has 0 aromatic heterocycles.